The molecule has 0 unspecified atom stereocenters. The molecular weight excluding hydrogens is 158 g/mol. The lowest BCUT2D eigenvalue weighted by atomic mass is 9.81. The SMILES string of the molecule is NC1(C=C2CCCC2)CCCCC1. The Morgan fingerprint density at radius 3 is 2.15 bits per heavy atom. The van der Waals surface area contributed by atoms with Crippen molar-refractivity contribution < 1.29 is 0 Å². The molecule has 0 heterocycles. The van der Waals surface area contributed by atoms with Crippen LogP contribution in [-0.2, 0) is 0 Å². The quantitative estimate of drug-likeness (QED) is 0.615. The highest BCUT2D eigenvalue weighted by atomic mass is 14.7. The highest BCUT2D eigenvalue weighted by Gasteiger charge is 2.25. The van der Waals surface area contributed by atoms with E-state index < -0.39 is 0 Å². The van der Waals surface area contributed by atoms with Gasteiger partial charge in [-0.1, -0.05) is 30.9 Å². The molecule has 1 heteroatoms. The van der Waals surface area contributed by atoms with Crippen molar-refractivity contribution in [3.63, 3.8) is 0 Å². The molecule has 0 aromatic heterocycles. The molecule has 2 aliphatic carbocycles. The normalized spacial score (nSPS) is 27.6. The predicted octanol–water partition coefficient (Wildman–Crippen LogP) is 3.15. The van der Waals surface area contributed by atoms with Crippen LogP contribution < -0.4 is 5.73 Å². The molecule has 0 radical (unpaired) electrons. The number of nitrogens with two attached hydrogens (primary N) is 1. The van der Waals surface area contributed by atoms with Gasteiger partial charge in [0, 0.05) is 5.54 Å². The summed E-state index contributed by atoms with van der Waals surface area (Å²) in [5, 5.41) is 0. The maximum atomic E-state index is 6.36. The molecular formula is C12H21N. The Labute approximate surface area is 81.4 Å². The Kier molecular flexibility index (Phi) is 2.73. The van der Waals surface area contributed by atoms with Gasteiger partial charge >= 0.3 is 0 Å². The monoisotopic (exact) mass is 179 g/mol. The molecule has 2 N–H and O–H groups in total. The van der Waals surface area contributed by atoms with Crippen LogP contribution in [0.3, 0.4) is 0 Å². The zero-order chi connectivity index (χ0) is 9.15. The molecule has 2 rings (SSSR count). The number of hydrogen-bond donors (Lipinski definition) is 1. The summed E-state index contributed by atoms with van der Waals surface area (Å²) in [5.74, 6) is 0. The Bertz CT molecular complexity index is 191. The van der Waals surface area contributed by atoms with Gasteiger partial charge in [0.05, 0.1) is 0 Å². The number of hydrogen-bond acceptors (Lipinski definition) is 1. The van der Waals surface area contributed by atoms with Gasteiger partial charge < -0.3 is 5.73 Å². The van der Waals surface area contributed by atoms with Crippen molar-refractivity contribution in [3.05, 3.63) is 11.6 Å². The second-order valence-corrected chi connectivity index (χ2v) is 4.80. The molecule has 13 heavy (non-hydrogen) atoms. The van der Waals surface area contributed by atoms with Crippen LogP contribution in [0.4, 0.5) is 0 Å². The molecule has 74 valence electrons. The zero-order valence-electron chi connectivity index (χ0n) is 8.52. The molecule has 0 aromatic carbocycles. The van der Waals surface area contributed by atoms with E-state index in [9.17, 15) is 0 Å². The average molecular weight is 179 g/mol. The number of rotatable bonds is 1. The number of allylic oxidation sites excluding steroid dienone is 1. The van der Waals surface area contributed by atoms with E-state index in [0.29, 0.717) is 0 Å². The summed E-state index contributed by atoms with van der Waals surface area (Å²) >= 11 is 0. The van der Waals surface area contributed by atoms with Crippen LogP contribution >= 0.6 is 0 Å². The molecule has 2 saturated carbocycles. The maximum Gasteiger partial charge on any atom is 0.0341 e. The second-order valence-electron chi connectivity index (χ2n) is 4.80. The lowest BCUT2D eigenvalue weighted by molar-refractivity contribution is 0.357. The molecule has 0 saturated heterocycles. The highest BCUT2D eigenvalue weighted by molar-refractivity contribution is 5.16. The Morgan fingerprint density at radius 1 is 0.923 bits per heavy atom. The van der Waals surface area contributed by atoms with E-state index in [1.54, 1.807) is 5.57 Å². The molecule has 0 bridgehead atoms. The fraction of sp³-hybridized carbons (Fsp3) is 0.833. The van der Waals surface area contributed by atoms with E-state index in [0.717, 1.165) is 0 Å². The van der Waals surface area contributed by atoms with Gasteiger partial charge in [-0.3, -0.25) is 0 Å². The second kappa shape index (κ2) is 3.83. The fourth-order valence-electron chi connectivity index (χ4n) is 2.73. The third-order valence-corrected chi connectivity index (χ3v) is 3.52. The third-order valence-electron chi connectivity index (χ3n) is 3.52. The van der Waals surface area contributed by atoms with Crippen LogP contribution in [0.25, 0.3) is 0 Å². The van der Waals surface area contributed by atoms with Crippen LogP contribution in [0.5, 0.6) is 0 Å². The van der Waals surface area contributed by atoms with Crippen LogP contribution in [0.15, 0.2) is 11.6 Å². The van der Waals surface area contributed by atoms with Crippen LogP contribution in [0.1, 0.15) is 57.8 Å². The van der Waals surface area contributed by atoms with Crippen molar-refractivity contribution in [2.24, 2.45) is 5.73 Å². The van der Waals surface area contributed by atoms with Crippen LogP contribution in [-0.4, -0.2) is 5.54 Å². The lowest BCUT2D eigenvalue weighted by Gasteiger charge is -2.31. The highest BCUT2D eigenvalue weighted by Crippen LogP contribution is 2.32. The van der Waals surface area contributed by atoms with E-state index in [4.69, 9.17) is 5.73 Å². The van der Waals surface area contributed by atoms with Crippen molar-refractivity contribution in [2.75, 3.05) is 0 Å². The Balaban J connectivity index is 2.00. The van der Waals surface area contributed by atoms with Gasteiger partial charge in [0.1, 0.15) is 0 Å². The minimum absolute atomic E-state index is 0.0813. The summed E-state index contributed by atoms with van der Waals surface area (Å²) < 4.78 is 0. The van der Waals surface area contributed by atoms with Crippen LogP contribution in [0, 0.1) is 0 Å². The van der Waals surface area contributed by atoms with Crippen molar-refractivity contribution in [1.29, 1.82) is 0 Å². The molecule has 2 fully saturated rings. The predicted molar refractivity (Wildman–Crippen MR) is 56.6 cm³/mol. The Hall–Kier alpha value is -0.300. The molecule has 0 amide bonds. The van der Waals surface area contributed by atoms with Gasteiger partial charge in [-0.05, 0) is 38.5 Å². The van der Waals surface area contributed by atoms with Crippen molar-refractivity contribution in [3.8, 4) is 0 Å². The first-order valence-corrected chi connectivity index (χ1v) is 5.78. The van der Waals surface area contributed by atoms with Gasteiger partial charge in [-0.2, -0.15) is 0 Å². The van der Waals surface area contributed by atoms with Gasteiger partial charge in [0.25, 0.3) is 0 Å². The smallest absolute Gasteiger partial charge is 0.0341 e. The summed E-state index contributed by atoms with van der Waals surface area (Å²) in [5.41, 5.74) is 8.09. The van der Waals surface area contributed by atoms with Gasteiger partial charge in [-0.15, -0.1) is 0 Å². The van der Waals surface area contributed by atoms with Gasteiger partial charge in [0.15, 0.2) is 0 Å². The molecule has 0 atom stereocenters. The first-order valence-electron chi connectivity index (χ1n) is 5.78. The third kappa shape index (κ3) is 2.34. The van der Waals surface area contributed by atoms with Crippen molar-refractivity contribution in [1.82, 2.24) is 0 Å². The molecule has 0 aromatic rings. The van der Waals surface area contributed by atoms with Gasteiger partial charge in [-0.25, -0.2) is 0 Å². The van der Waals surface area contributed by atoms with E-state index in [1.807, 2.05) is 0 Å². The average Bonchev–Trinajstić information content (AvgIpc) is 2.57. The van der Waals surface area contributed by atoms with E-state index in [-0.39, 0.29) is 5.54 Å². The standard InChI is InChI=1S/C12H21N/c13-12(8-4-1-5-9-12)10-11-6-2-3-7-11/h10H,1-9,13H2. The lowest BCUT2D eigenvalue weighted by Crippen LogP contribution is -2.39. The fourth-order valence-corrected chi connectivity index (χ4v) is 2.73. The van der Waals surface area contributed by atoms with E-state index in [1.165, 1.54) is 57.8 Å². The van der Waals surface area contributed by atoms with E-state index in [2.05, 4.69) is 6.08 Å². The zero-order valence-corrected chi connectivity index (χ0v) is 8.52. The minimum Gasteiger partial charge on any atom is -0.322 e. The van der Waals surface area contributed by atoms with Crippen LogP contribution in [0.2, 0.25) is 0 Å². The summed E-state index contributed by atoms with van der Waals surface area (Å²) in [4.78, 5) is 0. The summed E-state index contributed by atoms with van der Waals surface area (Å²) in [6.45, 7) is 0. The topological polar surface area (TPSA) is 26.0 Å². The van der Waals surface area contributed by atoms with Crippen molar-refractivity contribution in [2.45, 2.75) is 63.3 Å². The largest absolute Gasteiger partial charge is 0.322 e. The van der Waals surface area contributed by atoms with E-state index >= 15 is 0 Å². The molecule has 1 nitrogen and oxygen atoms in total. The maximum absolute atomic E-state index is 6.36. The molecule has 2 aliphatic rings. The minimum atomic E-state index is 0.0813. The van der Waals surface area contributed by atoms with Crippen molar-refractivity contribution >= 4 is 0 Å². The summed E-state index contributed by atoms with van der Waals surface area (Å²) in [7, 11) is 0. The first-order chi connectivity index (χ1) is 6.29. The molecule has 0 aliphatic heterocycles. The Morgan fingerprint density at radius 2 is 1.54 bits per heavy atom. The first kappa shape index (κ1) is 9.26. The van der Waals surface area contributed by atoms with Gasteiger partial charge in [0.2, 0.25) is 0 Å². The summed E-state index contributed by atoms with van der Waals surface area (Å²) in [6, 6.07) is 0. The molecule has 0 spiro atoms. The summed E-state index contributed by atoms with van der Waals surface area (Å²) in [6.07, 6.45) is 14.3.